The van der Waals surface area contributed by atoms with Gasteiger partial charge in [-0.3, -0.25) is 9.47 Å². The Morgan fingerprint density at radius 2 is 0.954 bits per heavy atom. The van der Waals surface area contributed by atoms with Gasteiger partial charge in [-0.2, -0.15) is 0 Å². The fourth-order valence-corrected chi connectivity index (χ4v) is 10.6. The van der Waals surface area contributed by atoms with E-state index in [-0.39, 0.29) is 0 Å². The maximum atomic E-state index is 7.09. The fourth-order valence-electron chi connectivity index (χ4n) is 10.6. The summed E-state index contributed by atoms with van der Waals surface area (Å²) in [7, 11) is 0. The van der Waals surface area contributed by atoms with Gasteiger partial charge in [0, 0.05) is 33.8 Å². The first-order valence-corrected chi connectivity index (χ1v) is 22.3. The Balaban J connectivity index is 1.09. The molecule has 0 unspecified atom stereocenters. The predicted octanol–water partition coefficient (Wildman–Crippen LogP) is 16.2. The summed E-state index contributed by atoms with van der Waals surface area (Å²) in [5, 5.41) is 3.39. The van der Waals surface area contributed by atoms with Crippen molar-refractivity contribution in [2.24, 2.45) is 0 Å². The molecule has 2 aliphatic rings. The van der Waals surface area contributed by atoms with E-state index in [9.17, 15) is 0 Å². The van der Waals surface area contributed by atoms with Gasteiger partial charge in [-0.1, -0.05) is 170 Å². The first kappa shape index (κ1) is 37.0. The van der Waals surface area contributed by atoms with Crippen molar-refractivity contribution in [1.82, 2.24) is 4.57 Å². The summed E-state index contributed by atoms with van der Waals surface area (Å²) in [5.74, 6) is 2.57. The summed E-state index contributed by atoms with van der Waals surface area (Å²) in [4.78, 5) is 4.76. The molecule has 65 heavy (non-hydrogen) atoms. The minimum Gasteiger partial charge on any atom is -0.451 e. The monoisotopic (exact) mass is 831 g/mol. The number of para-hydroxylation sites is 4. The zero-order valence-electron chi connectivity index (χ0n) is 35.4. The Morgan fingerprint density at radius 3 is 1.71 bits per heavy atom. The van der Waals surface area contributed by atoms with Crippen molar-refractivity contribution >= 4 is 55.9 Å². The third-order valence-corrected chi connectivity index (χ3v) is 13.4. The normalized spacial score (nSPS) is 13.1. The van der Waals surface area contributed by atoms with Crippen LogP contribution in [0, 0.1) is 0 Å². The van der Waals surface area contributed by atoms with Gasteiger partial charge in [-0.05, 0) is 123 Å². The molecule has 4 nitrogen and oxygen atoms in total. The van der Waals surface area contributed by atoms with Crippen molar-refractivity contribution in [1.29, 1.82) is 0 Å². The van der Waals surface area contributed by atoms with Crippen molar-refractivity contribution in [3.05, 3.63) is 271 Å². The number of anilines is 6. The Kier molecular flexibility index (Phi) is 8.40. The van der Waals surface area contributed by atoms with Crippen LogP contribution in [0.4, 0.5) is 34.3 Å². The van der Waals surface area contributed by atoms with Crippen LogP contribution in [-0.4, -0.2) is 4.57 Å². The van der Waals surface area contributed by atoms with Gasteiger partial charge >= 0.3 is 0 Å². The summed E-state index contributed by atoms with van der Waals surface area (Å²) in [6.07, 6.45) is 0. The van der Waals surface area contributed by atoms with Gasteiger partial charge in [-0.25, -0.2) is 0 Å². The van der Waals surface area contributed by atoms with Gasteiger partial charge in [0.2, 0.25) is 0 Å². The fraction of sp³-hybridized carbons (Fsp3) is 0.0164. The molecule has 2 heterocycles. The van der Waals surface area contributed by atoms with Crippen molar-refractivity contribution < 1.29 is 4.74 Å². The van der Waals surface area contributed by atoms with Crippen LogP contribution in [0.1, 0.15) is 22.3 Å². The molecule has 1 aliphatic carbocycles. The second-order valence-electron chi connectivity index (χ2n) is 16.9. The van der Waals surface area contributed by atoms with Gasteiger partial charge < -0.3 is 9.64 Å². The van der Waals surface area contributed by atoms with Crippen molar-refractivity contribution in [3.63, 3.8) is 0 Å². The van der Waals surface area contributed by atoms with Crippen LogP contribution in [-0.2, 0) is 5.41 Å². The Bertz CT molecular complexity index is 3540. The quantitative estimate of drug-likeness (QED) is 0.160. The van der Waals surface area contributed by atoms with Crippen molar-refractivity contribution in [3.8, 4) is 28.3 Å². The molecular formula is C61H41N3O. The Labute approximate surface area is 378 Å². The second-order valence-corrected chi connectivity index (χ2v) is 16.9. The zero-order chi connectivity index (χ0) is 42.9. The molecule has 0 radical (unpaired) electrons. The molecule has 0 saturated heterocycles. The van der Waals surface area contributed by atoms with Crippen molar-refractivity contribution in [2.45, 2.75) is 5.41 Å². The lowest BCUT2D eigenvalue weighted by Crippen LogP contribution is -2.28. The third-order valence-electron chi connectivity index (χ3n) is 13.4. The van der Waals surface area contributed by atoms with E-state index in [1.54, 1.807) is 0 Å². The zero-order valence-corrected chi connectivity index (χ0v) is 35.4. The summed E-state index contributed by atoms with van der Waals surface area (Å²) < 4.78 is 9.43. The first-order chi connectivity index (χ1) is 32.3. The predicted molar refractivity (Wildman–Crippen MR) is 268 cm³/mol. The number of benzene rings is 10. The van der Waals surface area contributed by atoms with E-state index in [0.29, 0.717) is 0 Å². The molecule has 0 saturated carbocycles. The minimum atomic E-state index is -0.544. The topological polar surface area (TPSA) is 20.6 Å². The van der Waals surface area contributed by atoms with Crippen LogP contribution in [0.2, 0.25) is 0 Å². The highest BCUT2D eigenvalue weighted by atomic mass is 16.5. The van der Waals surface area contributed by atoms with E-state index < -0.39 is 5.41 Å². The Morgan fingerprint density at radius 1 is 0.400 bits per heavy atom. The molecule has 0 amide bonds. The maximum Gasteiger partial charge on any atom is 0.178 e. The lowest BCUT2D eigenvalue weighted by Gasteiger charge is -2.35. The van der Waals surface area contributed by atoms with E-state index in [2.05, 4.69) is 257 Å². The lowest BCUT2D eigenvalue weighted by atomic mass is 9.67. The molecule has 4 heteroatoms. The molecule has 13 rings (SSSR count). The molecule has 1 aliphatic heterocycles. The van der Waals surface area contributed by atoms with Crippen LogP contribution in [0.5, 0.6) is 11.5 Å². The molecule has 11 aromatic rings. The van der Waals surface area contributed by atoms with Gasteiger partial charge in [0.15, 0.2) is 17.3 Å². The van der Waals surface area contributed by atoms with Crippen LogP contribution in [0.15, 0.2) is 249 Å². The number of nitrogens with zero attached hydrogens (tertiary/aromatic N) is 3. The molecule has 1 aromatic heterocycles. The summed E-state index contributed by atoms with van der Waals surface area (Å²) >= 11 is 0. The average molecular weight is 832 g/mol. The minimum absolute atomic E-state index is 0.544. The molecule has 10 aromatic carbocycles. The van der Waals surface area contributed by atoms with E-state index in [0.717, 1.165) is 62.3 Å². The molecule has 0 N–H and O–H groups in total. The smallest absolute Gasteiger partial charge is 0.178 e. The molecule has 306 valence electrons. The SMILES string of the molecule is c1ccc(N2c3ccccc3Oc3c2n(-c2ccccc2)c2ccc(N(c4ccc5c(c4)C(c4ccccc4)(c4ccccc4)c4ccccc4-5)c4ccc5ccccc5c4)cc32)cc1. The number of hydrogen-bond donors (Lipinski definition) is 0. The molecule has 0 fully saturated rings. The first-order valence-electron chi connectivity index (χ1n) is 22.3. The third kappa shape index (κ3) is 5.64. The number of fused-ring (bicyclic) bond motifs is 8. The summed E-state index contributed by atoms with van der Waals surface area (Å²) in [6, 6.07) is 90.0. The highest BCUT2D eigenvalue weighted by molar-refractivity contribution is 6.03. The largest absolute Gasteiger partial charge is 0.451 e. The van der Waals surface area contributed by atoms with Gasteiger partial charge in [-0.15, -0.1) is 0 Å². The van der Waals surface area contributed by atoms with E-state index in [4.69, 9.17) is 4.74 Å². The Hall–Kier alpha value is -8.60. The van der Waals surface area contributed by atoms with Crippen LogP contribution < -0.4 is 14.5 Å². The number of hydrogen-bond acceptors (Lipinski definition) is 3. The average Bonchev–Trinajstić information content (AvgIpc) is 3.86. The van der Waals surface area contributed by atoms with E-state index in [1.165, 1.54) is 44.2 Å². The number of rotatable bonds is 7. The lowest BCUT2D eigenvalue weighted by molar-refractivity contribution is 0.481. The van der Waals surface area contributed by atoms with Crippen molar-refractivity contribution in [2.75, 3.05) is 9.80 Å². The highest BCUT2D eigenvalue weighted by Crippen LogP contribution is 2.59. The summed E-state index contributed by atoms with van der Waals surface area (Å²) in [6.45, 7) is 0. The molecule has 0 atom stereocenters. The van der Waals surface area contributed by atoms with E-state index >= 15 is 0 Å². The van der Waals surface area contributed by atoms with Gasteiger partial charge in [0.25, 0.3) is 0 Å². The molecular weight excluding hydrogens is 791 g/mol. The number of ether oxygens (including phenoxy) is 1. The number of aromatic nitrogens is 1. The second kappa shape index (κ2) is 14.8. The van der Waals surface area contributed by atoms with Gasteiger partial charge in [0.05, 0.1) is 16.6 Å². The van der Waals surface area contributed by atoms with Crippen LogP contribution in [0.3, 0.4) is 0 Å². The van der Waals surface area contributed by atoms with Gasteiger partial charge in [0.1, 0.15) is 0 Å². The van der Waals surface area contributed by atoms with E-state index in [1.807, 2.05) is 6.07 Å². The molecule has 0 spiro atoms. The maximum absolute atomic E-state index is 7.09. The summed E-state index contributed by atoms with van der Waals surface area (Å²) in [5.41, 5.74) is 14.3. The van der Waals surface area contributed by atoms with Crippen LogP contribution >= 0.6 is 0 Å². The molecule has 0 bridgehead atoms. The highest BCUT2D eigenvalue weighted by Gasteiger charge is 2.46. The van der Waals surface area contributed by atoms with Crippen LogP contribution in [0.25, 0.3) is 38.5 Å². The standard InChI is InChI=1S/C61H41N3O/c1-5-21-44(22-6-1)61(45-23-7-2-8-24-45)54-30-16-15-29-51(54)52-37-35-50(41-55(52)61)62(48-34-33-42-19-13-14-20-43(42)39-48)49-36-38-56-53(40-49)59-60(63(56)46-25-9-3-10-26-46)64(47-27-11-4-12-28-47)57-31-17-18-32-58(57)65-59/h1-41H.